The maximum absolute atomic E-state index is 6.07. The van der Waals surface area contributed by atoms with Gasteiger partial charge in [0.15, 0.2) is 0 Å². The molecule has 3 nitrogen and oxygen atoms in total. The molecule has 94 valence electrons. The monoisotopic (exact) mass is 241 g/mol. The summed E-state index contributed by atoms with van der Waals surface area (Å²) in [6.07, 6.45) is 0. The number of nitrogens with two attached hydrogens (primary N) is 3. The molecule has 0 radical (unpaired) electrons. The summed E-state index contributed by atoms with van der Waals surface area (Å²) < 4.78 is 0. The topological polar surface area (TPSA) is 78.1 Å². The van der Waals surface area contributed by atoms with E-state index in [1.807, 2.05) is 42.5 Å². The first kappa shape index (κ1) is 12.3. The molecule has 2 rings (SSSR count). The van der Waals surface area contributed by atoms with Crippen molar-refractivity contribution in [3.05, 3.63) is 53.6 Å². The summed E-state index contributed by atoms with van der Waals surface area (Å²) in [7, 11) is 0. The fourth-order valence-electron chi connectivity index (χ4n) is 2.51. The average molecular weight is 241 g/mol. The molecule has 0 heterocycles. The van der Waals surface area contributed by atoms with Crippen molar-refractivity contribution in [3.63, 3.8) is 0 Å². The van der Waals surface area contributed by atoms with E-state index in [9.17, 15) is 0 Å². The number of anilines is 3. The highest BCUT2D eigenvalue weighted by molar-refractivity contribution is 5.69. The van der Waals surface area contributed by atoms with Crippen LogP contribution in [0.15, 0.2) is 42.5 Å². The fourth-order valence-corrected chi connectivity index (χ4v) is 2.51. The molecule has 0 aliphatic heterocycles. The third kappa shape index (κ3) is 1.88. The van der Waals surface area contributed by atoms with Crippen LogP contribution < -0.4 is 17.2 Å². The highest BCUT2D eigenvalue weighted by Gasteiger charge is 2.28. The highest BCUT2D eigenvalue weighted by atomic mass is 14.7. The summed E-state index contributed by atoms with van der Waals surface area (Å²) in [6, 6.07) is 13.4. The number of nitrogen functional groups attached to an aromatic ring is 3. The minimum absolute atomic E-state index is 0.319. The fraction of sp³-hybridized carbons (Fsp3) is 0.200. The van der Waals surface area contributed by atoms with Gasteiger partial charge >= 0.3 is 0 Å². The largest absolute Gasteiger partial charge is 0.398 e. The maximum atomic E-state index is 6.07. The van der Waals surface area contributed by atoms with E-state index in [1.165, 1.54) is 0 Å². The zero-order valence-corrected chi connectivity index (χ0v) is 10.8. The van der Waals surface area contributed by atoms with E-state index in [1.54, 1.807) is 0 Å². The Kier molecular flexibility index (Phi) is 2.91. The van der Waals surface area contributed by atoms with Gasteiger partial charge in [0.05, 0.1) is 0 Å². The number of benzene rings is 2. The summed E-state index contributed by atoms with van der Waals surface area (Å²) in [5, 5.41) is 0. The van der Waals surface area contributed by atoms with E-state index in [-0.39, 0.29) is 5.41 Å². The van der Waals surface area contributed by atoms with Gasteiger partial charge in [-0.15, -0.1) is 0 Å². The van der Waals surface area contributed by atoms with Gasteiger partial charge in [0.25, 0.3) is 0 Å². The summed E-state index contributed by atoms with van der Waals surface area (Å²) in [5.41, 5.74) is 22.0. The molecule has 18 heavy (non-hydrogen) atoms. The van der Waals surface area contributed by atoms with E-state index < -0.39 is 0 Å². The molecule has 0 aromatic heterocycles. The van der Waals surface area contributed by atoms with E-state index in [4.69, 9.17) is 17.2 Å². The zero-order valence-electron chi connectivity index (χ0n) is 10.8. The van der Waals surface area contributed by atoms with Crippen LogP contribution in [0.4, 0.5) is 17.1 Å². The van der Waals surface area contributed by atoms with E-state index in [0.717, 1.165) is 16.8 Å². The Hall–Kier alpha value is -2.16. The number of hydrogen-bond acceptors (Lipinski definition) is 3. The van der Waals surface area contributed by atoms with Gasteiger partial charge in [-0.3, -0.25) is 0 Å². The summed E-state index contributed by atoms with van der Waals surface area (Å²) in [6.45, 7) is 4.17. The van der Waals surface area contributed by atoms with Crippen LogP contribution in [0.2, 0.25) is 0 Å². The van der Waals surface area contributed by atoms with Crippen molar-refractivity contribution in [2.45, 2.75) is 19.3 Å². The van der Waals surface area contributed by atoms with Crippen LogP contribution in [-0.2, 0) is 5.41 Å². The van der Waals surface area contributed by atoms with Crippen molar-refractivity contribution in [3.8, 4) is 0 Å². The number of hydrogen-bond donors (Lipinski definition) is 3. The molecule has 0 saturated carbocycles. The predicted molar refractivity (Wildman–Crippen MR) is 78.2 cm³/mol. The van der Waals surface area contributed by atoms with Crippen molar-refractivity contribution in [2.75, 3.05) is 17.2 Å². The highest BCUT2D eigenvalue weighted by Crippen LogP contribution is 2.40. The molecule has 0 bridgehead atoms. The van der Waals surface area contributed by atoms with Crippen LogP contribution in [0.3, 0.4) is 0 Å². The number of rotatable bonds is 2. The molecule has 2 aromatic rings. The summed E-state index contributed by atoms with van der Waals surface area (Å²) >= 11 is 0. The summed E-state index contributed by atoms with van der Waals surface area (Å²) in [5.74, 6) is 0. The van der Waals surface area contributed by atoms with Crippen molar-refractivity contribution < 1.29 is 0 Å². The molecular formula is C15H19N3. The molecule has 0 atom stereocenters. The second-order valence-corrected chi connectivity index (χ2v) is 5.02. The molecule has 0 amide bonds. The van der Waals surface area contributed by atoms with Crippen molar-refractivity contribution in [1.82, 2.24) is 0 Å². The van der Waals surface area contributed by atoms with Gasteiger partial charge in [0.2, 0.25) is 0 Å². The van der Waals surface area contributed by atoms with Gasteiger partial charge in [0.1, 0.15) is 0 Å². The SMILES string of the molecule is CC(C)(c1ccccc1N)c1c(N)cccc1N. The second-order valence-electron chi connectivity index (χ2n) is 5.02. The second kappa shape index (κ2) is 4.26. The predicted octanol–water partition coefficient (Wildman–Crippen LogP) is 2.76. The Bertz CT molecular complexity index is 553. The van der Waals surface area contributed by atoms with Gasteiger partial charge in [0, 0.05) is 28.0 Å². The van der Waals surface area contributed by atoms with Crippen LogP contribution in [0, 0.1) is 0 Å². The Labute approximate surface area is 108 Å². The van der Waals surface area contributed by atoms with E-state index >= 15 is 0 Å². The molecule has 0 spiro atoms. The number of para-hydroxylation sites is 1. The quantitative estimate of drug-likeness (QED) is 0.707. The first-order valence-corrected chi connectivity index (χ1v) is 5.94. The van der Waals surface area contributed by atoms with Crippen LogP contribution in [0.1, 0.15) is 25.0 Å². The van der Waals surface area contributed by atoms with Gasteiger partial charge in [-0.2, -0.15) is 0 Å². The Morgan fingerprint density at radius 1 is 0.722 bits per heavy atom. The minimum Gasteiger partial charge on any atom is -0.398 e. The van der Waals surface area contributed by atoms with Crippen LogP contribution in [0.5, 0.6) is 0 Å². The van der Waals surface area contributed by atoms with Gasteiger partial charge in [-0.25, -0.2) is 0 Å². The minimum atomic E-state index is -0.319. The van der Waals surface area contributed by atoms with E-state index in [0.29, 0.717) is 11.4 Å². The molecule has 0 aliphatic rings. The molecule has 0 saturated heterocycles. The maximum Gasteiger partial charge on any atom is 0.0376 e. The smallest absolute Gasteiger partial charge is 0.0376 e. The van der Waals surface area contributed by atoms with Gasteiger partial charge in [-0.1, -0.05) is 38.1 Å². The molecule has 6 N–H and O–H groups in total. The summed E-state index contributed by atoms with van der Waals surface area (Å²) in [4.78, 5) is 0. The molecular weight excluding hydrogens is 222 g/mol. The zero-order chi connectivity index (χ0) is 13.3. The molecule has 0 aliphatic carbocycles. The Morgan fingerprint density at radius 2 is 1.22 bits per heavy atom. The third-order valence-electron chi connectivity index (χ3n) is 3.39. The lowest BCUT2D eigenvalue weighted by molar-refractivity contribution is 0.648. The lowest BCUT2D eigenvalue weighted by Crippen LogP contribution is -2.23. The van der Waals surface area contributed by atoms with Gasteiger partial charge < -0.3 is 17.2 Å². The van der Waals surface area contributed by atoms with Crippen molar-refractivity contribution >= 4 is 17.1 Å². The van der Waals surface area contributed by atoms with Crippen LogP contribution in [0.25, 0.3) is 0 Å². The lowest BCUT2D eigenvalue weighted by atomic mass is 9.76. The molecule has 0 fully saturated rings. The first-order valence-electron chi connectivity index (χ1n) is 5.94. The molecule has 0 unspecified atom stereocenters. The first-order chi connectivity index (χ1) is 8.44. The van der Waals surface area contributed by atoms with Gasteiger partial charge in [-0.05, 0) is 23.8 Å². The third-order valence-corrected chi connectivity index (χ3v) is 3.39. The lowest BCUT2D eigenvalue weighted by Gasteiger charge is -2.30. The normalized spacial score (nSPS) is 11.4. The Balaban J connectivity index is 2.66. The van der Waals surface area contributed by atoms with E-state index in [2.05, 4.69) is 13.8 Å². The van der Waals surface area contributed by atoms with Crippen molar-refractivity contribution in [2.24, 2.45) is 0 Å². The van der Waals surface area contributed by atoms with Crippen LogP contribution in [-0.4, -0.2) is 0 Å². The average Bonchev–Trinajstić information content (AvgIpc) is 2.28. The molecule has 3 heteroatoms. The van der Waals surface area contributed by atoms with Crippen molar-refractivity contribution in [1.29, 1.82) is 0 Å². The standard InChI is InChI=1S/C15H19N3/c1-15(2,10-6-3-4-7-11(10)16)14-12(17)8-5-9-13(14)18/h3-9H,16-18H2,1-2H3. The van der Waals surface area contributed by atoms with Crippen LogP contribution >= 0.6 is 0 Å². The Morgan fingerprint density at radius 3 is 1.78 bits per heavy atom. The molecule has 2 aromatic carbocycles.